The van der Waals surface area contributed by atoms with Crippen LogP contribution in [0.2, 0.25) is 0 Å². The summed E-state index contributed by atoms with van der Waals surface area (Å²) in [7, 11) is -3.42. The van der Waals surface area contributed by atoms with Crippen molar-refractivity contribution >= 4 is 16.0 Å². The standard InChI is InChI=1S/C12H15NO4S/c1-9(2)7-13-18(16,17)8-10-3-5-11(6-4-10)12(14)15/h3-6,13H,1,7-8H2,2H3,(H,14,15). The maximum atomic E-state index is 11.7. The summed E-state index contributed by atoms with van der Waals surface area (Å²) in [6.07, 6.45) is 0. The Morgan fingerprint density at radius 2 is 1.89 bits per heavy atom. The van der Waals surface area contributed by atoms with Gasteiger partial charge in [-0.2, -0.15) is 0 Å². The molecular formula is C12H15NO4S. The summed E-state index contributed by atoms with van der Waals surface area (Å²) in [5.74, 6) is -1.22. The van der Waals surface area contributed by atoms with E-state index in [2.05, 4.69) is 11.3 Å². The molecule has 1 rings (SSSR count). The number of aromatic carboxylic acids is 1. The van der Waals surface area contributed by atoms with Crippen LogP contribution in [0.3, 0.4) is 0 Å². The largest absolute Gasteiger partial charge is 0.478 e. The minimum absolute atomic E-state index is 0.131. The SMILES string of the molecule is C=C(C)CNS(=O)(=O)Cc1ccc(C(=O)O)cc1. The fourth-order valence-electron chi connectivity index (χ4n) is 1.25. The zero-order chi connectivity index (χ0) is 13.8. The third kappa shape index (κ3) is 4.68. The number of hydrogen-bond acceptors (Lipinski definition) is 3. The number of benzene rings is 1. The third-order valence-electron chi connectivity index (χ3n) is 2.15. The van der Waals surface area contributed by atoms with E-state index in [1.807, 2.05) is 0 Å². The van der Waals surface area contributed by atoms with Crippen molar-refractivity contribution in [2.75, 3.05) is 6.54 Å². The van der Waals surface area contributed by atoms with Crippen molar-refractivity contribution in [1.29, 1.82) is 0 Å². The summed E-state index contributed by atoms with van der Waals surface area (Å²) in [5, 5.41) is 8.71. The van der Waals surface area contributed by atoms with Gasteiger partial charge in [-0.05, 0) is 24.6 Å². The Kier molecular flexibility index (Phi) is 4.63. The van der Waals surface area contributed by atoms with Gasteiger partial charge >= 0.3 is 5.97 Å². The zero-order valence-electron chi connectivity index (χ0n) is 10.0. The number of rotatable bonds is 6. The van der Waals surface area contributed by atoms with Gasteiger partial charge in [-0.3, -0.25) is 0 Å². The fourth-order valence-corrected chi connectivity index (χ4v) is 2.45. The highest BCUT2D eigenvalue weighted by Gasteiger charge is 2.11. The molecule has 0 amide bonds. The van der Waals surface area contributed by atoms with E-state index in [4.69, 9.17) is 5.11 Å². The predicted octanol–water partition coefficient (Wildman–Crippen LogP) is 1.38. The number of sulfonamides is 1. The lowest BCUT2D eigenvalue weighted by molar-refractivity contribution is 0.0697. The lowest BCUT2D eigenvalue weighted by atomic mass is 10.1. The second kappa shape index (κ2) is 5.79. The van der Waals surface area contributed by atoms with Gasteiger partial charge in [-0.15, -0.1) is 0 Å². The molecule has 0 fully saturated rings. The highest BCUT2D eigenvalue weighted by atomic mass is 32.2. The van der Waals surface area contributed by atoms with Crippen LogP contribution in [-0.2, 0) is 15.8 Å². The van der Waals surface area contributed by atoms with Gasteiger partial charge in [0.25, 0.3) is 0 Å². The lowest BCUT2D eigenvalue weighted by Gasteiger charge is -2.06. The minimum Gasteiger partial charge on any atom is -0.478 e. The Hall–Kier alpha value is -1.66. The van der Waals surface area contributed by atoms with Crippen LogP contribution in [0.15, 0.2) is 36.4 Å². The zero-order valence-corrected chi connectivity index (χ0v) is 10.8. The van der Waals surface area contributed by atoms with Gasteiger partial charge in [-0.25, -0.2) is 17.9 Å². The van der Waals surface area contributed by atoms with E-state index < -0.39 is 16.0 Å². The Morgan fingerprint density at radius 1 is 1.33 bits per heavy atom. The number of carbonyl (C=O) groups is 1. The lowest BCUT2D eigenvalue weighted by Crippen LogP contribution is -2.26. The second-order valence-electron chi connectivity index (χ2n) is 4.04. The topological polar surface area (TPSA) is 83.5 Å². The highest BCUT2D eigenvalue weighted by molar-refractivity contribution is 7.88. The van der Waals surface area contributed by atoms with Gasteiger partial charge < -0.3 is 5.11 Å². The molecule has 0 unspecified atom stereocenters. The van der Waals surface area contributed by atoms with Crippen molar-refractivity contribution < 1.29 is 18.3 Å². The summed E-state index contributed by atoms with van der Waals surface area (Å²) < 4.78 is 25.7. The van der Waals surface area contributed by atoms with Gasteiger partial charge in [0.15, 0.2) is 0 Å². The van der Waals surface area contributed by atoms with Crippen molar-refractivity contribution in [3.8, 4) is 0 Å². The van der Waals surface area contributed by atoms with Crippen LogP contribution in [-0.4, -0.2) is 26.0 Å². The molecule has 0 saturated heterocycles. The Morgan fingerprint density at radius 3 is 2.33 bits per heavy atom. The molecule has 1 aromatic carbocycles. The smallest absolute Gasteiger partial charge is 0.335 e. The van der Waals surface area contributed by atoms with E-state index in [1.165, 1.54) is 24.3 Å². The average Bonchev–Trinajstić information content (AvgIpc) is 2.27. The van der Waals surface area contributed by atoms with Crippen molar-refractivity contribution in [2.24, 2.45) is 0 Å². The van der Waals surface area contributed by atoms with Crippen LogP contribution in [0.1, 0.15) is 22.8 Å². The Bertz CT molecular complexity index is 546. The van der Waals surface area contributed by atoms with Crippen molar-refractivity contribution in [3.05, 3.63) is 47.5 Å². The van der Waals surface area contributed by atoms with Crippen LogP contribution in [0.5, 0.6) is 0 Å². The van der Waals surface area contributed by atoms with E-state index >= 15 is 0 Å². The van der Waals surface area contributed by atoms with Crippen LogP contribution < -0.4 is 4.72 Å². The number of carboxylic acid groups (broad SMARTS) is 1. The van der Waals surface area contributed by atoms with Crippen LogP contribution in [0.4, 0.5) is 0 Å². The van der Waals surface area contributed by atoms with E-state index in [0.717, 1.165) is 5.57 Å². The van der Waals surface area contributed by atoms with E-state index in [0.29, 0.717) is 5.56 Å². The maximum absolute atomic E-state index is 11.7. The molecular weight excluding hydrogens is 254 g/mol. The summed E-state index contributed by atoms with van der Waals surface area (Å²) in [4.78, 5) is 10.6. The van der Waals surface area contributed by atoms with E-state index in [9.17, 15) is 13.2 Å². The maximum Gasteiger partial charge on any atom is 0.335 e. The van der Waals surface area contributed by atoms with Crippen LogP contribution in [0.25, 0.3) is 0 Å². The quantitative estimate of drug-likeness (QED) is 0.764. The summed E-state index contributed by atoms with van der Waals surface area (Å²) >= 11 is 0. The van der Waals surface area contributed by atoms with E-state index in [1.54, 1.807) is 6.92 Å². The average molecular weight is 269 g/mol. The first-order valence-electron chi connectivity index (χ1n) is 5.24. The number of nitrogens with one attached hydrogen (secondary N) is 1. The van der Waals surface area contributed by atoms with Crippen molar-refractivity contribution in [1.82, 2.24) is 4.72 Å². The first-order chi connectivity index (χ1) is 8.30. The fraction of sp³-hybridized carbons (Fsp3) is 0.250. The first kappa shape index (κ1) is 14.4. The molecule has 0 saturated carbocycles. The number of hydrogen-bond donors (Lipinski definition) is 2. The molecule has 0 aliphatic heterocycles. The predicted molar refractivity (Wildman–Crippen MR) is 68.8 cm³/mol. The molecule has 0 aliphatic rings. The van der Waals surface area contributed by atoms with E-state index in [-0.39, 0.29) is 17.9 Å². The molecule has 5 nitrogen and oxygen atoms in total. The third-order valence-corrected chi connectivity index (χ3v) is 3.45. The van der Waals surface area contributed by atoms with Gasteiger partial charge in [0.05, 0.1) is 11.3 Å². The first-order valence-corrected chi connectivity index (χ1v) is 6.89. The molecule has 98 valence electrons. The molecule has 2 N–H and O–H groups in total. The molecule has 0 atom stereocenters. The normalized spacial score (nSPS) is 11.2. The Labute approximate surface area is 106 Å². The summed E-state index contributed by atoms with van der Waals surface area (Å²) in [5.41, 5.74) is 1.39. The number of carboxylic acids is 1. The monoisotopic (exact) mass is 269 g/mol. The van der Waals surface area contributed by atoms with Crippen LogP contribution >= 0.6 is 0 Å². The molecule has 0 aliphatic carbocycles. The van der Waals surface area contributed by atoms with Gasteiger partial charge in [0.2, 0.25) is 10.0 Å². The van der Waals surface area contributed by atoms with Gasteiger partial charge in [0.1, 0.15) is 0 Å². The molecule has 0 heterocycles. The minimum atomic E-state index is -3.42. The van der Waals surface area contributed by atoms with Gasteiger partial charge in [-0.1, -0.05) is 24.3 Å². The molecule has 0 radical (unpaired) electrons. The van der Waals surface area contributed by atoms with Crippen LogP contribution in [0, 0.1) is 0 Å². The Balaban J connectivity index is 2.72. The summed E-state index contributed by atoms with van der Waals surface area (Å²) in [6, 6.07) is 5.74. The van der Waals surface area contributed by atoms with Crippen molar-refractivity contribution in [2.45, 2.75) is 12.7 Å². The summed E-state index contributed by atoms with van der Waals surface area (Å²) in [6.45, 7) is 5.53. The second-order valence-corrected chi connectivity index (χ2v) is 5.85. The molecule has 1 aromatic rings. The molecule has 18 heavy (non-hydrogen) atoms. The molecule has 0 spiro atoms. The van der Waals surface area contributed by atoms with Crippen molar-refractivity contribution in [3.63, 3.8) is 0 Å². The molecule has 6 heteroatoms. The molecule has 0 bridgehead atoms. The molecule has 0 aromatic heterocycles. The highest BCUT2D eigenvalue weighted by Crippen LogP contribution is 2.08. The van der Waals surface area contributed by atoms with Gasteiger partial charge in [0, 0.05) is 6.54 Å².